The van der Waals surface area contributed by atoms with E-state index in [0.29, 0.717) is 13.1 Å². The van der Waals surface area contributed by atoms with Gasteiger partial charge in [0, 0.05) is 31.0 Å². The SMILES string of the molecule is Cc1ccc(CNCc2ccc(Cl)c([N+](=O)[O-])c2)cn1. The molecule has 1 N–H and O–H groups in total. The third-order valence-corrected chi connectivity index (χ3v) is 3.16. The first-order chi connectivity index (χ1) is 9.56. The molecule has 0 saturated carbocycles. The van der Waals surface area contributed by atoms with E-state index in [0.717, 1.165) is 16.8 Å². The normalized spacial score (nSPS) is 10.5. The van der Waals surface area contributed by atoms with Gasteiger partial charge in [-0.25, -0.2) is 0 Å². The largest absolute Gasteiger partial charge is 0.309 e. The fraction of sp³-hybridized carbons (Fsp3) is 0.214. The molecule has 0 aliphatic rings. The molecule has 5 nitrogen and oxygen atoms in total. The minimum Gasteiger partial charge on any atom is -0.309 e. The van der Waals surface area contributed by atoms with Crippen LogP contribution in [0.2, 0.25) is 5.02 Å². The second-order valence-corrected chi connectivity index (χ2v) is 4.86. The van der Waals surface area contributed by atoms with E-state index in [1.807, 2.05) is 25.3 Å². The van der Waals surface area contributed by atoms with E-state index < -0.39 is 4.92 Å². The Labute approximate surface area is 121 Å². The van der Waals surface area contributed by atoms with Crippen LogP contribution in [0.15, 0.2) is 36.5 Å². The van der Waals surface area contributed by atoms with E-state index in [9.17, 15) is 10.1 Å². The number of nitrogens with zero attached hydrogens (tertiary/aromatic N) is 2. The first-order valence-electron chi connectivity index (χ1n) is 6.11. The Hall–Kier alpha value is -1.98. The molecule has 20 heavy (non-hydrogen) atoms. The van der Waals surface area contributed by atoms with E-state index in [4.69, 9.17) is 11.6 Å². The zero-order valence-electron chi connectivity index (χ0n) is 11.0. The van der Waals surface area contributed by atoms with Crippen LogP contribution in [-0.2, 0) is 13.1 Å². The highest BCUT2D eigenvalue weighted by atomic mass is 35.5. The van der Waals surface area contributed by atoms with Gasteiger partial charge < -0.3 is 5.32 Å². The smallest absolute Gasteiger partial charge is 0.288 e. The highest BCUT2D eigenvalue weighted by Crippen LogP contribution is 2.24. The van der Waals surface area contributed by atoms with Crippen molar-refractivity contribution in [2.45, 2.75) is 20.0 Å². The number of nitro groups is 1. The maximum absolute atomic E-state index is 10.8. The molecule has 1 aromatic carbocycles. The molecule has 0 aliphatic carbocycles. The average molecular weight is 292 g/mol. The summed E-state index contributed by atoms with van der Waals surface area (Å²) >= 11 is 5.77. The molecule has 1 heterocycles. The molecule has 0 fully saturated rings. The molecule has 104 valence electrons. The molecule has 0 radical (unpaired) electrons. The molecule has 0 unspecified atom stereocenters. The first kappa shape index (κ1) is 14.4. The van der Waals surface area contributed by atoms with Crippen molar-refractivity contribution < 1.29 is 4.92 Å². The number of aromatic nitrogens is 1. The van der Waals surface area contributed by atoms with Gasteiger partial charge in [0.1, 0.15) is 5.02 Å². The summed E-state index contributed by atoms with van der Waals surface area (Å²) in [5.41, 5.74) is 2.80. The summed E-state index contributed by atoms with van der Waals surface area (Å²) in [6.07, 6.45) is 1.81. The van der Waals surface area contributed by atoms with Gasteiger partial charge in [-0.2, -0.15) is 0 Å². The predicted molar refractivity (Wildman–Crippen MR) is 77.6 cm³/mol. The number of nitrogens with one attached hydrogen (secondary N) is 1. The molecule has 0 atom stereocenters. The third kappa shape index (κ3) is 3.76. The molecule has 0 amide bonds. The molecule has 2 rings (SSSR count). The predicted octanol–water partition coefficient (Wildman–Crippen LogP) is 3.24. The second kappa shape index (κ2) is 6.45. The maximum Gasteiger partial charge on any atom is 0.288 e. The van der Waals surface area contributed by atoms with Crippen molar-refractivity contribution in [3.63, 3.8) is 0 Å². The van der Waals surface area contributed by atoms with Crippen molar-refractivity contribution in [3.05, 3.63) is 68.5 Å². The van der Waals surface area contributed by atoms with E-state index >= 15 is 0 Å². The lowest BCUT2D eigenvalue weighted by atomic mass is 10.2. The van der Waals surface area contributed by atoms with E-state index in [2.05, 4.69) is 10.3 Å². The van der Waals surface area contributed by atoms with Crippen LogP contribution in [-0.4, -0.2) is 9.91 Å². The van der Waals surface area contributed by atoms with Gasteiger partial charge in [0.25, 0.3) is 5.69 Å². The van der Waals surface area contributed by atoms with Gasteiger partial charge in [-0.15, -0.1) is 0 Å². The third-order valence-electron chi connectivity index (χ3n) is 2.84. The lowest BCUT2D eigenvalue weighted by Crippen LogP contribution is -2.13. The van der Waals surface area contributed by atoms with Crippen LogP contribution in [0.25, 0.3) is 0 Å². The van der Waals surface area contributed by atoms with E-state index in [-0.39, 0.29) is 10.7 Å². The number of hydrogen-bond donors (Lipinski definition) is 1. The van der Waals surface area contributed by atoms with E-state index in [1.165, 1.54) is 6.07 Å². The number of hydrogen-bond acceptors (Lipinski definition) is 4. The summed E-state index contributed by atoms with van der Waals surface area (Å²) in [7, 11) is 0. The number of pyridine rings is 1. The minimum absolute atomic E-state index is 0.0667. The van der Waals surface area contributed by atoms with Crippen LogP contribution in [0.1, 0.15) is 16.8 Å². The molecule has 1 aromatic heterocycles. The van der Waals surface area contributed by atoms with Crippen LogP contribution >= 0.6 is 11.6 Å². The molecule has 6 heteroatoms. The Morgan fingerprint density at radius 2 is 1.95 bits per heavy atom. The zero-order chi connectivity index (χ0) is 14.5. The summed E-state index contributed by atoms with van der Waals surface area (Å²) in [4.78, 5) is 14.5. The number of benzene rings is 1. The molecule has 0 aliphatic heterocycles. The topological polar surface area (TPSA) is 68.1 Å². The Morgan fingerprint density at radius 3 is 2.60 bits per heavy atom. The fourth-order valence-corrected chi connectivity index (χ4v) is 1.95. The van der Waals surface area contributed by atoms with Crippen molar-refractivity contribution >= 4 is 17.3 Å². The highest BCUT2D eigenvalue weighted by Gasteiger charge is 2.12. The number of aryl methyl sites for hydroxylation is 1. The summed E-state index contributed by atoms with van der Waals surface area (Å²) in [5, 5.41) is 14.2. The van der Waals surface area contributed by atoms with Crippen LogP contribution in [0.5, 0.6) is 0 Å². The van der Waals surface area contributed by atoms with Crippen molar-refractivity contribution in [3.8, 4) is 0 Å². The molecule has 2 aromatic rings. The Balaban J connectivity index is 1.96. The summed E-state index contributed by atoms with van der Waals surface area (Å²) in [6, 6.07) is 8.76. The van der Waals surface area contributed by atoms with Crippen molar-refractivity contribution in [1.29, 1.82) is 0 Å². The van der Waals surface area contributed by atoms with Gasteiger partial charge in [-0.3, -0.25) is 15.1 Å². The summed E-state index contributed by atoms with van der Waals surface area (Å²) in [5.74, 6) is 0. The summed E-state index contributed by atoms with van der Waals surface area (Å²) < 4.78 is 0. The molecule has 0 spiro atoms. The standard InChI is InChI=1S/C14H14ClN3O2/c1-10-2-3-12(9-17-10)8-16-7-11-4-5-13(15)14(6-11)18(19)20/h2-6,9,16H,7-8H2,1H3. The van der Waals surface area contributed by atoms with Crippen LogP contribution in [0.3, 0.4) is 0 Å². The molecular weight excluding hydrogens is 278 g/mol. The van der Waals surface area contributed by atoms with Gasteiger partial charge in [0.2, 0.25) is 0 Å². The minimum atomic E-state index is -0.476. The Morgan fingerprint density at radius 1 is 1.25 bits per heavy atom. The van der Waals surface area contributed by atoms with Crippen molar-refractivity contribution in [2.24, 2.45) is 0 Å². The number of rotatable bonds is 5. The molecule has 0 saturated heterocycles. The van der Waals surface area contributed by atoms with Gasteiger partial charge in [-0.1, -0.05) is 23.7 Å². The van der Waals surface area contributed by atoms with Crippen LogP contribution in [0.4, 0.5) is 5.69 Å². The Bertz CT molecular complexity index is 614. The summed E-state index contributed by atoms with van der Waals surface area (Å²) in [6.45, 7) is 3.12. The zero-order valence-corrected chi connectivity index (χ0v) is 11.7. The van der Waals surface area contributed by atoms with Crippen molar-refractivity contribution in [2.75, 3.05) is 0 Å². The van der Waals surface area contributed by atoms with Crippen LogP contribution in [0, 0.1) is 17.0 Å². The maximum atomic E-state index is 10.8. The average Bonchev–Trinajstić information content (AvgIpc) is 2.42. The lowest BCUT2D eigenvalue weighted by Gasteiger charge is -2.06. The van der Waals surface area contributed by atoms with Gasteiger partial charge in [0.05, 0.1) is 4.92 Å². The first-order valence-corrected chi connectivity index (χ1v) is 6.49. The Kier molecular flexibility index (Phi) is 4.65. The monoisotopic (exact) mass is 291 g/mol. The van der Waals surface area contributed by atoms with Crippen molar-refractivity contribution in [1.82, 2.24) is 10.3 Å². The van der Waals surface area contributed by atoms with Crippen LogP contribution < -0.4 is 5.32 Å². The van der Waals surface area contributed by atoms with Gasteiger partial charge in [-0.05, 0) is 30.2 Å². The quantitative estimate of drug-likeness (QED) is 0.678. The number of halogens is 1. The lowest BCUT2D eigenvalue weighted by molar-refractivity contribution is -0.384. The highest BCUT2D eigenvalue weighted by molar-refractivity contribution is 6.32. The van der Waals surface area contributed by atoms with Gasteiger partial charge >= 0.3 is 0 Å². The molecular formula is C14H14ClN3O2. The fourth-order valence-electron chi connectivity index (χ4n) is 1.76. The number of nitro benzene ring substituents is 1. The van der Waals surface area contributed by atoms with Gasteiger partial charge in [0.15, 0.2) is 0 Å². The van der Waals surface area contributed by atoms with E-state index in [1.54, 1.807) is 12.1 Å². The second-order valence-electron chi connectivity index (χ2n) is 4.45. The molecule has 0 bridgehead atoms.